The molecule has 138 valence electrons. The van der Waals surface area contributed by atoms with Gasteiger partial charge in [0.2, 0.25) is 12.7 Å². The van der Waals surface area contributed by atoms with Crippen molar-refractivity contribution in [1.29, 1.82) is 0 Å². The minimum Gasteiger partial charge on any atom is -0.454 e. The molecule has 0 aliphatic carbocycles. The zero-order valence-electron chi connectivity index (χ0n) is 14.2. The third-order valence-electron chi connectivity index (χ3n) is 3.97. The number of nitrogens with zero attached hydrogens (tertiary/aromatic N) is 2. The maximum Gasteiger partial charge on any atom is 0.231 e. The molecule has 0 atom stereocenters. The van der Waals surface area contributed by atoms with Crippen molar-refractivity contribution in [2.24, 2.45) is 0 Å². The van der Waals surface area contributed by atoms with Gasteiger partial charge in [-0.05, 0) is 42.0 Å². The molecule has 27 heavy (non-hydrogen) atoms. The van der Waals surface area contributed by atoms with E-state index in [1.807, 2.05) is 53.2 Å². The van der Waals surface area contributed by atoms with Crippen LogP contribution >= 0.6 is 27.7 Å². The van der Waals surface area contributed by atoms with Gasteiger partial charge in [0, 0.05) is 29.1 Å². The summed E-state index contributed by atoms with van der Waals surface area (Å²) in [5.74, 6) is 1.69. The summed E-state index contributed by atoms with van der Waals surface area (Å²) in [6.07, 6.45) is 3.62. The average Bonchev–Trinajstić information content (AvgIpc) is 3.34. The Kier molecular flexibility index (Phi) is 5.35. The van der Waals surface area contributed by atoms with Gasteiger partial charge in [-0.25, -0.2) is 4.98 Å². The highest BCUT2D eigenvalue weighted by Crippen LogP contribution is 2.32. The second-order valence-corrected chi connectivity index (χ2v) is 7.67. The molecule has 0 saturated heterocycles. The maximum absolute atomic E-state index is 12.2. The van der Waals surface area contributed by atoms with E-state index < -0.39 is 0 Å². The van der Waals surface area contributed by atoms with Crippen molar-refractivity contribution in [2.45, 2.75) is 11.7 Å². The van der Waals surface area contributed by atoms with Crippen LogP contribution in [0, 0.1) is 0 Å². The number of nitrogens with one attached hydrogen (secondary N) is 1. The van der Waals surface area contributed by atoms with Crippen LogP contribution in [0.4, 0.5) is 0 Å². The zero-order chi connectivity index (χ0) is 18.6. The summed E-state index contributed by atoms with van der Waals surface area (Å²) in [4.78, 5) is 16.6. The van der Waals surface area contributed by atoms with Gasteiger partial charge in [-0.1, -0.05) is 33.8 Å². The molecule has 6 nitrogen and oxygen atoms in total. The zero-order valence-corrected chi connectivity index (χ0v) is 16.6. The number of halogens is 1. The number of hydrogen-bond donors (Lipinski definition) is 1. The molecule has 0 bridgehead atoms. The molecule has 3 aromatic rings. The Labute approximate surface area is 169 Å². The smallest absolute Gasteiger partial charge is 0.231 e. The van der Waals surface area contributed by atoms with Crippen LogP contribution in [-0.4, -0.2) is 28.0 Å². The molecule has 1 amide bonds. The molecule has 0 spiro atoms. The number of carbonyl (C=O) groups excluding carboxylic acids is 1. The number of amides is 1. The fourth-order valence-electron chi connectivity index (χ4n) is 2.63. The Hall–Kier alpha value is -2.45. The molecule has 1 aliphatic rings. The molecule has 1 aromatic heterocycles. The SMILES string of the molecule is O=C(CSc1nccn1-c1ccc(Br)cc1)NCc1ccc2c(c1)OCO2. The summed E-state index contributed by atoms with van der Waals surface area (Å²) in [5.41, 5.74) is 1.97. The number of hydrogen-bond acceptors (Lipinski definition) is 5. The molecule has 0 unspecified atom stereocenters. The van der Waals surface area contributed by atoms with Gasteiger partial charge >= 0.3 is 0 Å². The Balaban J connectivity index is 1.32. The van der Waals surface area contributed by atoms with Gasteiger partial charge in [0.1, 0.15) is 0 Å². The van der Waals surface area contributed by atoms with Gasteiger partial charge in [-0.2, -0.15) is 0 Å². The number of thioether (sulfide) groups is 1. The molecular formula is C19H16BrN3O3S. The molecule has 1 aliphatic heterocycles. The van der Waals surface area contributed by atoms with Crippen LogP contribution in [0.2, 0.25) is 0 Å². The van der Waals surface area contributed by atoms with E-state index in [-0.39, 0.29) is 18.5 Å². The van der Waals surface area contributed by atoms with Crippen LogP contribution in [0.25, 0.3) is 5.69 Å². The molecule has 1 N–H and O–H groups in total. The predicted molar refractivity (Wildman–Crippen MR) is 106 cm³/mol. The fraction of sp³-hybridized carbons (Fsp3) is 0.158. The summed E-state index contributed by atoms with van der Waals surface area (Å²) >= 11 is 4.83. The third kappa shape index (κ3) is 4.28. The van der Waals surface area contributed by atoms with Crippen molar-refractivity contribution >= 4 is 33.6 Å². The summed E-state index contributed by atoms with van der Waals surface area (Å²) in [6.45, 7) is 0.685. The Morgan fingerprint density at radius 3 is 2.85 bits per heavy atom. The van der Waals surface area contributed by atoms with E-state index in [0.717, 1.165) is 26.6 Å². The highest BCUT2D eigenvalue weighted by atomic mass is 79.9. The predicted octanol–water partition coefficient (Wildman–Crippen LogP) is 3.77. The molecule has 2 heterocycles. The number of carbonyl (C=O) groups is 1. The van der Waals surface area contributed by atoms with Gasteiger partial charge < -0.3 is 14.8 Å². The van der Waals surface area contributed by atoms with Crippen LogP contribution in [0.1, 0.15) is 5.56 Å². The topological polar surface area (TPSA) is 65.4 Å². The van der Waals surface area contributed by atoms with E-state index >= 15 is 0 Å². The van der Waals surface area contributed by atoms with Crippen molar-refractivity contribution in [3.05, 3.63) is 64.9 Å². The van der Waals surface area contributed by atoms with E-state index in [0.29, 0.717) is 12.3 Å². The first-order valence-electron chi connectivity index (χ1n) is 8.26. The summed E-state index contributed by atoms with van der Waals surface area (Å²) in [5, 5.41) is 3.69. The normalized spacial score (nSPS) is 12.2. The van der Waals surface area contributed by atoms with Crippen LogP contribution in [0.3, 0.4) is 0 Å². The molecular weight excluding hydrogens is 430 g/mol. The van der Waals surface area contributed by atoms with Crippen LogP contribution in [0.5, 0.6) is 11.5 Å². The Morgan fingerprint density at radius 2 is 2.00 bits per heavy atom. The largest absolute Gasteiger partial charge is 0.454 e. The van der Waals surface area contributed by atoms with Crippen molar-refractivity contribution in [2.75, 3.05) is 12.5 Å². The maximum atomic E-state index is 12.2. The lowest BCUT2D eigenvalue weighted by atomic mass is 10.2. The minimum atomic E-state index is -0.0528. The number of ether oxygens (including phenoxy) is 2. The number of aromatic nitrogens is 2. The van der Waals surface area contributed by atoms with Gasteiger partial charge in [-0.15, -0.1) is 0 Å². The minimum absolute atomic E-state index is 0.0528. The fourth-order valence-corrected chi connectivity index (χ4v) is 3.69. The van der Waals surface area contributed by atoms with E-state index in [1.54, 1.807) is 6.20 Å². The van der Waals surface area contributed by atoms with Gasteiger partial charge in [-0.3, -0.25) is 9.36 Å². The van der Waals surface area contributed by atoms with E-state index in [2.05, 4.69) is 26.2 Å². The van der Waals surface area contributed by atoms with Crippen LogP contribution in [-0.2, 0) is 11.3 Å². The highest BCUT2D eigenvalue weighted by Gasteiger charge is 2.14. The van der Waals surface area contributed by atoms with Crippen LogP contribution in [0.15, 0.2) is 64.5 Å². The summed E-state index contributed by atoms with van der Waals surface area (Å²) < 4.78 is 13.6. The highest BCUT2D eigenvalue weighted by molar-refractivity contribution is 9.10. The first-order chi connectivity index (χ1) is 13.2. The number of imidazole rings is 1. The second-order valence-electron chi connectivity index (χ2n) is 5.81. The Morgan fingerprint density at radius 1 is 1.19 bits per heavy atom. The molecule has 4 rings (SSSR count). The Bertz CT molecular complexity index is 959. The lowest BCUT2D eigenvalue weighted by Crippen LogP contribution is -2.24. The summed E-state index contributed by atoms with van der Waals surface area (Å²) in [7, 11) is 0. The monoisotopic (exact) mass is 445 g/mol. The molecule has 0 radical (unpaired) electrons. The van der Waals surface area contributed by atoms with Crippen molar-refractivity contribution in [3.63, 3.8) is 0 Å². The van der Waals surface area contributed by atoms with Crippen molar-refractivity contribution in [1.82, 2.24) is 14.9 Å². The molecule has 8 heteroatoms. The lowest BCUT2D eigenvalue weighted by molar-refractivity contribution is -0.118. The van der Waals surface area contributed by atoms with E-state index in [1.165, 1.54) is 11.8 Å². The standard InChI is InChI=1S/C19H16BrN3O3S/c20-14-2-4-15(5-3-14)23-8-7-21-19(23)27-11-18(24)22-10-13-1-6-16-17(9-13)26-12-25-16/h1-9H,10-12H2,(H,22,24). The van der Waals surface area contributed by atoms with E-state index in [4.69, 9.17) is 9.47 Å². The quantitative estimate of drug-likeness (QED) is 0.584. The first kappa shape index (κ1) is 17.9. The van der Waals surface area contributed by atoms with Crippen molar-refractivity contribution in [3.8, 4) is 17.2 Å². The van der Waals surface area contributed by atoms with E-state index in [9.17, 15) is 4.79 Å². The van der Waals surface area contributed by atoms with Crippen LogP contribution < -0.4 is 14.8 Å². The van der Waals surface area contributed by atoms with Gasteiger partial charge in [0.15, 0.2) is 16.7 Å². The lowest BCUT2D eigenvalue weighted by Gasteiger charge is -2.08. The summed E-state index contributed by atoms with van der Waals surface area (Å²) in [6, 6.07) is 13.6. The van der Waals surface area contributed by atoms with Gasteiger partial charge in [0.05, 0.1) is 5.75 Å². The first-order valence-corrected chi connectivity index (χ1v) is 10.0. The second kappa shape index (κ2) is 8.06. The third-order valence-corrected chi connectivity index (χ3v) is 5.47. The average molecular weight is 446 g/mol. The number of rotatable bonds is 6. The van der Waals surface area contributed by atoms with Gasteiger partial charge in [0.25, 0.3) is 0 Å². The molecule has 0 saturated carbocycles. The number of benzene rings is 2. The molecule has 0 fully saturated rings. The van der Waals surface area contributed by atoms with Crippen molar-refractivity contribution < 1.29 is 14.3 Å². The number of fused-ring (bicyclic) bond motifs is 1. The molecule has 2 aromatic carbocycles.